The van der Waals surface area contributed by atoms with E-state index in [1.165, 1.54) is 0 Å². The molecule has 0 saturated carbocycles. The molecule has 3 N–H and O–H groups in total. The number of hydrogen-bond acceptors (Lipinski definition) is 4. The molecule has 0 fully saturated rings. The van der Waals surface area contributed by atoms with Gasteiger partial charge in [0.2, 0.25) is 15.9 Å². The molecule has 0 saturated heterocycles. The van der Waals surface area contributed by atoms with Crippen molar-refractivity contribution in [2.24, 2.45) is 5.73 Å². The van der Waals surface area contributed by atoms with E-state index in [1.807, 2.05) is 0 Å². The molecule has 0 aromatic heterocycles. The normalized spacial score (nSPS) is 11.4. The Morgan fingerprint density at radius 2 is 1.74 bits per heavy atom. The van der Waals surface area contributed by atoms with Gasteiger partial charge in [-0.15, -0.1) is 0 Å². The quantitative estimate of drug-likeness (QED) is 0.693. The third-order valence-corrected chi connectivity index (χ3v) is 3.97. The number of carbonyl (C=O) groups excluding carboxylic acids is 1. The van der Waals surface area contributed by atoms with Crippen LogP contribution in [0.5, 0.6) is 0 Å². The maximum atomic E-state index is 12.0. The fourth-order valence-electron chi connectivity index (χ4n) is 1.45. The van der Waals surface area contributed by atoms with Gasteiger partial charge in [-0.05, 0) is 5.56 Å². The van der Waals surface area contributed by atoms with Crippen LogP contribution < -0.4 is 5.73 Å². The summed E-state index contributed by atoms with van der Waals surface area (Å²) in [6, 6.07) is 8.26. The van der Waals surface area contributed by atoms with Crippen molar-refractivity contribution in [3.05, 3.63) is 35.9 Å². The maximum Gasteiger partial charge on any atom is 0.318 e. The van der Waals surface area contributed by atoms with Crippen molar-refractivity contribution in [1.29, 1.82) is 0 Å². The first-order chi connectivity index (χ1) is 8.81. The molecule has 0 radical (unpaired) electrons. The number of benzene rings is 1. The van der Waals surface area contributed by atoms with Crippen LogP contribution in [0.3, 0.4) is 0 Å². The van der Waals surface area contributed by atoms with Crippen LogP contribution in [-0.4, -0.2) is 42.8 Å². The molecular formula is C11H14N2O5S. The molecule has 0 bridgehead atoms. The van der Waals surface area contributed by atoms with Gasteiger partial charge in [0.25, 0.3) is 0 Å². The molecule has 1 rings (SSSR count). The number of sulfonamides is 1. The van der Waals surface area contributed by atoms with Crippen molar-refractivity contribution in [3.63, 3.8) is 0 Å². The molecular weight excluding hydrogens is 272 g/mol. The van der Waals surface area contributed by atoms with Crippen molar-refractivity contribution in [2.45, 2.75) is 5.75 Å². The van der Waals surface area contributed by atoms with E-state index in [1.54, 1.807) is 30.3 Å². The Morgan fingerprint density at radius 3 is 2.21 bits per heavy atom. The lowest BCUT2D eigenvalue weighted by Gasteiger charge is -2.18. The highest BCUT2D eigenvalue weighted by Gasteiger charge is 2.26. The molecule has 104 valence electrons. The van der Waals surface area contributed by atoms with Crippen molar-refractivity contribution >= 4 is 21.9 Å². The summed E-state index contributed by atoms with van der Waals surface area (Å²) in [7, 11) is -3.91. The third kappa shape index (κ3) is 5.06. The lowest BCUT2D eigenvalue weighted by atomic mass is 10.2. The minimum atomic E-state index is -3.91. The lowest BCUT2D eigenvalue weighted by molar-refractivity contribution is -0.137. The summed E-state index contributed by atoms with van der Waals surface area (Å²) in [5, 5.41) is 8.67. The summed E-state index contributed by atoms with van der Waals surface area (Å²) in [6.45, 7) is -1.44. The maximum absolute atomic E-state index is 12.0. The summed E-state index contributed by atoms with van der Waals surface area (Å²) in [6.07, 6.45) is 0. The average Bonchev–Trinajstić information content (AvgIpc) is 2.27. The fourth-order valence-corrected chi connectivity index (χ4v) is 2.88. The molecule has 0 aliphatic rings. The van der Waals surface area contributed by atoms with Crippen LogP contribution in [-0.2, 0) is 25.4 Å². The monoisotopic (exact) mass is 286 g/mol. The van der Waals surface area contributed by atoms with E-state index in [-0.39, 0.29) is 5.75 Å². The molecule has 0 spiro atoms. The van der Waals surface area contributed by atoms with Gasteiger partial charge < -0.3 is 10.8 Å². The Labute approximate surface area is 110 Å². The molecule has 0 aliphatic heterocycles. The lowest BCUT2D eigenvalue weighted by Crippen LogP contribution is -2.42. The Morgan fingerprint density at radius 1 is 1.16 bits per heavy atom. The molecule has 19 heavy (non-hydrogen) atoms. The van der Waals surface area contributed by atoms with E-state index < -0.39 is 35.0 Å². The van der Waals surface area contributed by atoms with Crippen molar-refractivity contribution in [2.75, 3.05) is 13.1 Å². The first-order valence-electron chi connectivity index (χ1n) is 5.33. The van der Waals surface area contributed by atoms with Crippen molar-refractivity contribution in [1.82, 2.24) is 4.31 Å². The summed E-state index contributed by atoms with van der Waals surface area (Å²) in [4.78, 5) is 21.4. The number of rotatable bonds is 7. The topological polar surface area (TPSA) is 118 Å². The molecule has 1 aromatic carbocycles. The number of carboxylic acid groups (broad SMARTS) is 1. The summed E-state index contributed by atoms with van der Waals surface area (Å²) >= 11 is 0. The van der Waals surface area contributed by atoms with Gasteiger partial charge in [0.1, 0.15) is 6.54 Å². The average molecular weight is 286 g/mol. The van der Waals surface area contributed by atoms with Crippen LogP contribution in [0, 0.1) is 0 Å². The van der Waals surface area contributed by atoms with Gasteiger partial charge in [-0.25, -0.2) is 8.42 Å². The van der Waals surface area contributed by atoms with Gasteiger partial charge in [0.05, 0.1) is 12.3 Å². The molecule has 7 nitrogen and oxygen atoms in total. The number of hydrogen-bond donors (Lipinski definition) is 2. The number of amides is 1. The van der Waals surface area contributed by atoms with Gasteiger partial charge in [-0.1, -0.05) is 30.3 Å². The Bertz CT molecular complexity index is 540. The first-order valence-corrected chi connectivity index (χ1v) is 6.94. The van der Waals surface area contributed by atoms with E-state index >= 15 is 0 Å². The number of carboxylic acids is 1. The summed E-state index contributed by atoms with van der Waals surface area (Å²) in [5.41, 5.74) is 5.42. The molecule has 8 heteroatoms. The Hall–Kier alpha value is -1.93. The van der Waals surface area contributed by atoms with Gasteiger partial charge in [-0.3, -0.25) is 9.59 Å². The van der Waals surface area contributed by atoms with Crippen LogP contribution in [0.2, 0.25) is 0 Å². The highest BCUT2D eigenvalue weighted by molar-refractivity contribution is 7.88. The number of carbonyl (C=O) groups is 2. The smallest absolute Gasteiger partial charge is 0.318 e. The van der Waals surface area contributed by atoms with Crippen molar-refractivity contribution in [3.8, 4) is 0 Å². The van der Waals surface area contributed by atoms with E-state index in [0.717, 1.165) is 0 Å². The fraction of sp³-hybridized carbons (Fsp3) is 0.273. The van der Waals surface area contributed by atoms with Crippen LogP contribution >= 0.6 is 0 Å². The SMILES string of the molecule is NC(=O)CN(CC(=O)O)S(=O)(=O)Cc1ccccc1. The minimum Gasteiger partial charge on any atom is -0.480 e. The second-order valence-electron chi connectivity index (χ2n) is 3.87. The summed E-state index contributed by atoms with van der Waals surface area (Å²) in [5.74, 6) is -2.63. The molecule has 1 amide bonds. The number of aliphatic carboxylic acids is 1. The predicted molar refractivity (Wildman–Crippen MR) is 67.5 cm³/mol. The standard InChI is InChI=1S/C11H14N2O5S/c12-10(14)6-13(7-11(15)16)19(17,18)8-9-4-2-1-3-5-9/h1-5H,6-8H2,(H2,12,14)(H,15,16). The van der Waals surface area contributed by atoms with E-state index in [2.05, 4.69) is 0 Å². The Kier molecular flexibility index (Phi) is 5.02. The van der Waals surface area contributed by atoms with E-state index in [9.17, 15) is 18.0 Å². The van der Waals surface area contributed by atoms with Crippen LogP contribution in [0.1, 0.15) is 5.56 Å². The highest BCUT2D eigenvalue weighted by Crippen LogP contribution is 2.10. The number of nitrogens with two attached hydrogens (primary N) is 1. The molecule has 0 atom stereocenters. The van der Waals surface area contributed by atoms with E-state index in [4.69, 9.17) is 10.8 Å². The van der Waals surface area contributed by atoms with Crippen LogP contribution in [0.4, 0.5) is 0 Å². The predicted octanol–water partition coefficient (Wildman–Crippen LogP) is -0.612. The summed E-state index contributed by atoms with van der Waals surface area (Å²) < 4.78 is 24.6. The van der Waals surface area contributed by atoms with Crippen molar-refractivity contribution < 1.29 is 23.1 Å². The van der Waals surface area contributed by atoms with Crippen LogP contribution in [0.25, 0.3) is 0 Å². The van der Waals surface area contributed by atoms with Gasteiger partial charge in [0, 0.05) is 0 Å². The largest absolute Gasteiger partial charge is 0.480 e. The van der Waals surface area contributed by atoms with Crippen LogP contribution in [0.15, 0.2) is 30.3 Å². The first kappa shape index (κ1) is 15.1. The zero-order valence-corrected chi connectivity index (χ0v) is 10.8. The highest BCUT2D eigenvalue weighted by atomic mass is 32.2. The third-order valence-electron chi connectivity index (χ3n) is 2.23. The van der Waals surface area contributed by atoms with Gasteiger partial charge in [-0.2, -0.15) is 4.31 Å². The zero-order chi connectivity index (χ0) is 14.5. The molecule has 1 aromatic rings. The molecule has 0 aliphatic carbocycles. The molecule has 0 unspecified atom stereocenters. The number of primary amides is 1. The van der Waals surface area contributed by atoms with Gasteiger partial charge >= 0.3 is 5.97 Å². The minimum absolute atomic E-state index is 0.381. The van der Waals surface area contributed by atoms with Gasteiger partial charge in [0.15, 0.2) is 0 Å². The second-order valence-corrected chi connectivity index (χ2v) is 5.84. The second kappa shape index (κ2) is 6.30. The molecule has 0 heterocycles. The van der Waals surface area contributed by atoms with E-state index in [0.29, 0.717) is 9.87 Å². The Balaban J connectivity index is 2.92. The zero-order valence-electron chi connectivity index (χ0n) is 10.0. The number of nitrogens with zero attached hydrogens (tertiary/aromatic N) is 1.